The molecule has 1 aliphatic rings. The molecule has 158 valence electrons. The molecule has 3 aromatic rings. The van der Waals surface area contributed by atoms with Crippen LogP contribution >= 0.6 is 38.6 Å². The van der Waals surface area contributed by atoms with Crippen molar-refractivity contribution in [3.8, 4) is 10.6 Å². The van der Waals surface area contributed by atoms with Crippen molar-refractivity contribution in [3.05, 3.63) is 51.1 Å². The number of rotatable bonds is 5. The SMILES string of the molecule is CC1CCCCN1S(=O)(=O)c1ccc(C(=O)Nc2nc(-c3ccc(Br)s3)cs2)cc1. The van der Waals surface area contributed by atoms with Crippen molar-refractivity contribution >= 4 is 59.7 Å². The van der Waals surface area contributed by atoms with Gasteiger partial charge in [0.2, 0.25) is 10.0 Å². The maximum absolute atomic E-state index is 12.9. The molecule has 2 aromatic heterocycles. The first-order valence-electron chi connectivity index (χ1n) is 9.49. The number of benzene rings is 1. The van der Waals surface area contributed by atoms with E-state index in [1.165, 1.54) is 23.5 Å². The number of anilines is 1. The summed E-state index contributed by atoms with van der Waals surface area (Å²) in [6.45, 7) is 2.48. The Balaban J connectivity index is 1.46. The second-order valence-electron chi connectivity index (χ2n) is 7.08. The fourth-order valence-electron chi connectivity index (χ4n) is 3.41. The van der Waals surface area contributed by atoms with Crippen LogP contribution in [0.4, 0.5) is 5.13 Å². The maximum Gasteiger partial charge on any atom is 0.257 e. The van der Waals surface area contributed by atoms with Crippen molar-refractivity contribution in [2.45, 2.75) is 37.1 Å². The minimum absolute atomic E-state index is 0.00482. The van der Waals surface area contributed by atoms with Crippen molar-refractivity contribution in [2.75, 3.05) is 11.9 Å². The van der Waals surface area contributed by atoms with Crippen LogP contribution in [-0.2, 0) is 10.0 Å². The van der Waals surface area contributed by atoms with E-state index < -0.39 is 10.0 Å². The lowest BCUT2D eigenvalue weighted by molar-refractivity contribution is 0.102. The van der Waals surface area contributed by atoms with E-state index >= 15 is 0 Å². The third-order valence-corrected chi connectivity index (χ3v) is 9.45. The van der Waals surface area contributed by atoms with Gasteiger partial charge in [-0.1, -0.05) is 6.42 Å². The van der Waals surface area contributed by atoms with Gasteiger partial charge in [-0.2, -0.15) is 4.31 Å². The van der Waals surface area contributed by atoms with Crippen molar-refractivity contribution in [2.24, 2.45) is 0 Å². The Labute approximate surface area is 192 Å². The number of nitrogens with zero attached hydrogens (tertiary/aromatic N) is 2. The standard InChI is InChI=1S/C20H20BrN3O3S3/c1-13-4-2-3-11-24(13)30(26,27)15-7-5-14(6-8-15)19(25)23-20-22-16(12-28-20)17-9-10-18(21)29-17/h5-10,12-13H,2-4,11H2,1H3,(H,22,23,25). The normalized spacial score (nSPS) is 17.7. The molecule has 30 heavy (non-hydrogen) atoms. The van der Waals surface area contributed by atoms with E-state index in [0.717, 1.165) is 33.6 Å². The van der Waals surface area contributed by atoms with Crippen LogP contribution in [0, 0.1) is 0 Å². The molecular formula is C20H20BrN3O3S3. The van der Waals surface area contributed by atoms with Crippen molar-refractivity contribution in [1.29, 1.82) is 0 Å². The van der Waals surface area contributed by atoms with Crippen LogP contribution < -0.4 is 5.32 Å². The molecule has 0 aliphatic carbocycles. The summed E-state index contributed by atoms with van der Waals surface area (Å²) in [5.74, 6) is -0.321. The third-order valence-electron chi connectivity index (χ3n) is 5.02. The molecule has 1 atom stereocenters. The number of hydrogen-bond donors (Lipinski definition) is 1. The first-order chi connectivity index (χ1) is 14.3. The van der Waals surface area contributed by atoms with Gasteiger partial charge in [-0.05, 0) is 72.1 Å². The minimum atomic E-state index is -3.55. The predicted octanol–water partition coefficient (Wildman–Crippen LogP) is 5.45. The largest absolute Gasteiger partial charge is 0.298 e. The highest BCUT2D eigenvalue weighted by Gasteiger charge is 2.30. The van der Waals surface area contributed by atoms with Gasteiger partial charge in [0, 0.05) is 23.5 Å². The number of piperidine rings is 1. The molecular weight excluding hydrogens is 506 g/mol. The van der Waals surface area contributed by atoms with Gasteiger partial charge in [0.25, 0.3) is 5.91 Å². The number of aromatic nitrogens is 1. The van der Waals surface area contributed by atoms with E-state index in [9.17, 15) is 13.2 Å². The zero-order valence-corrected chi connectivity index (χ0v) is 20.2. The molecule has 1 amide bonds. The van der Waals surface area contributed by atoms with Crippen molar-refractivity contribution in [1.82, 2.24) is 9.29 Å². The molecule has 1 unspecified atom stereocenters. The zero-order chi connectivity index (χ0) is 21.3. The molecule has 1 aromatic carbocycles. The lowest BCUT2D eigenvalue weighted by atomic mass is 10.1. The zero-order valence-electron chi connectivity index (χ0n) is 16.2. The average molecular weight is 527 g/mol. The van der Waals surface area contributed by atoms with Gasteiger partial charge in [-0.15, -0.1) is 22.7 Å². The Morgan fingerprint density at radius 3 is 2.63 bits per heavy atom. The molecule has 0 saturated carbocycles. The summed E-state index contributed by atoms with van der Waals surface area (Å²) in [5.41, 5.74) is 1.19. The molecule has 4 rings (SSSR count). The topological polar surface area (TPSA) is 79.4 Å². The van der Waals surface area contributed by atoms with Crippen molar-refractivity contribution in [3.63, 3.8) is 0 Å². The van der Waals surface area contributed by atoms with Crippen LogP contribution in [0.25, 0.3) is 10.6 Å². The fourth-order valence-corrected chi connectivity index (χ4v) is 7.23. The van der Waals surface area contributed by atoms with E-state index in [0.29, 0.717) is 17.2 Å². The van der Waals surface area contributed by atoms with Gasteiger partial charge < -0.3 is 0 Å². The van der Waals surface area contributed by atoms with E-state index in [1.54, 1.807) is 27.8 Å². The lowest BCUT2D eigenvalue weighted by Gasteiger charge is -2.32. The van der Waals surface area contributed by atoms with E-state index in [2.05, 4.69) is 26.2 Å². The second-order valence-corrected chi connectivity index (χ2v) is 12.3. The number of carbonyl (C=O) groups excluding carboxylic acids is 1. The van der Waals surface area contributed by atoms with E-state index in [-0.39, 0.29) is 16.8 Å². The number of carbonyl (C=O) groups is 1. The molecule has 0 radical (unpaired) electrons. The maximum atomic E-state index is 12.9. The van der Waals surface area contributed by atoms with Gasteiger partial charge >= 0.3 is 0 Å². The molecule has 1 fully saturated rings. The summed E-state index contributed by atoms with van der Waals surface area (Å²) in [5, 5.41) is 5.18. The number of thiazole rings is 1. The Hall–Kier alpha value is -1.59. The number of nitrogens with one attached hydrogen (secondary N) is 1. The Morgan fingerprint density at radius 2 is 1.97 bits per heavy atom. The summed E-state index contributed by atoms with van der Waals surface area (Å²) >= 11 is 6.36. The van der Waals surface area contributed by atoms with Gasteiger partial charge in [-0.3, -0.25) is 10.1 Å². The molecule has 6 nitrogen and oxygen atoms in total. The number of sulfonamides is 1. The van der Waals surface area contributed by atoms with Crippen LogP contribution in [0.3, 0.4) is 0 Å². The van der Waals surface area contributed by atoms with Gasteiger partial charge in [-0.25, -0.2) is 13.4 Å². The summed E-state index contributed by atoms with van der Waals surface area (Å²) in [4.78, 5) is 18.3. The first-order valence-corrected chi connectivity index (χ1v) is 13.4. The lowest BCUT2D eigenvalue weighted by Crippen LogP contribution is -2.41. The number of halogens is 1. The summed E-state index contributed by atoms with van der Waals surface area (Å²) in [6, 6.07) is 10.0. The quantitative estimate of drug-likeness (QED) is 0.480. The van der Waals surface area contributed by atoms with Crippen LogP contribution in [0.1, 0.15) is 36.5 Å². The van der Waals surface area contributed by atoms with Gasteiger partial charge in [0.1, 0.15) is 0 Å². The van der Waals surface area contributed by atoms with Gasteiger partial charge in [0.15, 0.2) is 5.13 Å². The third kappa shape index (κ3) is 4.52. The average Bonchev–Trinajstić information content (AvgIpc) is 3.37. The van der Waals surface area contributed by atoms with Crippen molar-refractivity contribution < 1.29 is 13.2 Å². The summed E-state index contributed by atoms with van der Waals surface area (Å²) < 4.78 is 28.4. The van der Waals surface area contributed by atoms with E-state index in [1.807, 2.05) is 24.4 Å². The summed E-state index contributed by atoms with van der Waals surface area (Å²) in [6.07, 6.45) is 2.80. The monoisotopic (exact) mass is 525 g/mol. The molecule has 3 heterocycles. The van der Waals surface area contributed by atoms with Crippen LogP contribution in [0.5, 0.6) is 0 Å². The van der Waals surface area contributed by atoms with Crippen LogP contribution in [-0.4, -0.2) is 36.2 Å². The molecule has 0 spiro atoms. The van der Waals surface area contributed by atoms with Crippen LogP contribution in [0.15, 0.2) is 50.5 Å². The Kier molecular flexibility index (Phi) is 6.40. The molecule has 10 heteroatoms. The van der Waals surface area contributed by atoms with Crippen LogP contribution in [0.2, 0.25) is 0 Å². The Morgan fingerprint density at radius 1 is 1.20 bits per heavy atom. The first kappa shape index (κ1) is 21.6. The highest BCUT2D eigenvalue weighted by molar-refractivity contribution is 9.11. The van der Waals surface area contributed by atoms with Gasteiger partial charge in [0.05, 0.1) is 19.3 Å². The fraction of sp³-hybridized carbons (Fsp3) is 0.300. The molecule has 1 N–H and O–H groups in total. The minimum Gasteiger partial charge on any atom is -0.298 e. The number of amides is 1. The highest BCUT2D eigenvalue weighted by Crippen LogP contribution is 2.33. The highest BCUT2D eigenvalue weighted by atomic mass is 79.9. The molecule has 1 aliphatic heterocycles. The second kappa shape index (κ2) is 8.88. The predicted molar refractivity (Wildman–Crippen MR) is 125 cm³/mol. The smallest absolute Gasteiger partial charge is 0.257 e. The molecule has 0 bridgehead atoms. The summed E-state index contributed by atoms with van der Waals surface area (Å²) in [7, 11) is -3.55. The Bertz CT molecular complexity index is 1160. The number of thiophene rings is 1. The van der Waals surface area contributed by atoms with E-state index in [4.69, 9.17) is 0 Å². The number of hydrogen-bond acceptors (Lipinski definition) is 6. The molecule has 1 saturated heterocycles.